The number of esters is 1. The van der Waals surface area contributed by atoms with Crippen molar-refractivity contribution in [3.63, 3.8) is 0 Å². The van der Waals surface area contributed by atoms with Crippen molar-refractivity contribution in [2.75, 3.05) is 12.8 Å². The Balaban J connectivity index is 1.81. The molecule has 104 valence electrons. The summed E-state index contributed by atoms with van der Waals surface area (Å²) in [5.41, 5.74) is 6.37. The summed E-state index contributed by atoms with van der Waals surface area (Å²) in [5, 5.41) is 8.04. The van der Waals surface area contributed by atoms with Crippen LogP contribution in [0.25, 0.3) is 11.5 Å². The summed E-state index contributed by atoms with van der Waals surface area (Å²) in [5.74, 6) is 0.927. The van der Waals surface area contributed by atoms with Crippen LogP contribution >= 0.6 is 0 Å². The molecule has 2 aromatic heterocycles. The maximum Gasteiger partial charge on any atom is 0.308 e. The maximum atomic E-state index is 11.4. The highest BCUT2D eigenvalue weighted by Gasteiger charge is 2.37. The van der Waals surface area contributed by atoms with Crippen molar-refractivity contribution in [1.82, 2.24) is 19.7 Å². The molecule has 7 heteroatoms. The molecule has 0 amide bonds. The fourth-order valence-corrected chi connectivity index (χ4v) is 2.44. The van der Waals surface area contributed by atoms with Gasteiger partial charge >= 0.3 is 5.97 Å². The Morgan fingerprint density at radius 3 is 2.95 bits per heavy atom. The van der Waals surface area contributed by atoms with Crippen LogP contribution in [-0.2, 0) is 9.53 Å². The minimum absolute atomic E-state index is 0.0333. The van der Waals surface area contributed by atoms with E-state index in [2.05, 4.69) is 15.2 Å². The summed E-state index contributed by atoms with van der Waals surface area (Å²) < 4.78 is 6.69. The minimum atomic E-state index is -0.155. The first-order valence-corrected chi connectivity index (χ1v) is 6.39. The van der Waals surface area contributed by atoms with Crippen LogP contribution in [0.5, 0.6) is 0 Å². The highest BCUT2D eigenvalue weighted by molar-refractivity contribution is 5.73. The fraction of sp³-hybridized carbons (Fsp3) is 0.385. The zero-order valence-corrected chi connectivity index (χ0v) is 11.1. The molecule has 0 aliphatic heterocycles. The highest BCUT2D eigenvalue weighted by atomic mass is 16.5. The Morgan fingerprint density at radius 1 is 1.45 bits per heavy atom. The van der Waals surface area contributed by atoms with E-state index in [4.69, 9.17) is 10.5 Å². The molecule has 0 radical (unpaired) electrons. The molecule has 1 fully saturated rings. The number of anilines is 1. The van der Waals surface area contributed by atoms with Gasteiger partial charge in [0.05, 0.1) is 13.0 Å². The van der Waals surface area contributed by atoms with Crippen molar-refractivity contribution in [3.05, 3.63) is 24.5 Å². The number of pyridine rings is 1. The van der Waals surface area contributed by atoms with E-state index < -0.39 is 0 Å². The molecule has 0 aromatic carbocycles. The van der Waals surface area contributed by atoms with Crippen molar-refractivity contribution < 1.29 is 9.53 Å². The van der Waals surface area contributed by atoms with Crippen LogP contribution in [0.15, 0.2) is 24.5 Å². The first-order chi connectivity index (χ1) is 9.69. The van der Waals surface area contributed by atoms with Crippen molar-refractivity contribution in [2.24, 2.45) is 5.92 Å². The van der Waals surface area contributed by atoms with Crippen LogP contribution in [0.3, 0.4) is 0 Å². The number of rotatable bonds is 3. The number of ether oxygens (including phenoxy) is 1. The van der Waals surface area contributed by atoms with Crippen molar-refractivity contribution >= 4 is 11.8 Å². The smallest absolute Gasteiger partial charge is 0.308 e. The molecule has 0 atom stereocenters. The number of aromatic nitrogens is 4. The van der Waals surface area contributed by atoms with E-state index in [1.165, 1.54) is 7.11 Å². The monoisotopic (exact) mass is 273 g/mol. The SMILES string of the molecule is COC(=O)C1CC(n2cnnc2-c2cccc(N)n2)C1. The summed E-state index contributed by atoms with van der Waals surface area (Å²) in [7, 11) is 1.41. The van der Waals surface area contributed by atoms with Crippen LogP contribution in [0, 0.1) is 5.92 Å². The van der Waals surface area contributed by atoms with E-state index in [0.717, 1.165) is 12.8 Å². The summed E-state index contributed by atoms with van der Waals surface area (Å²) in [6.45, 7) is 0. The zero-order chi connectivity index (χ0) is 14.1. The Morgan fingerprint density at radius 2 is 2.25 bits per heavy atom. The molecular weight excluding hydrogens is 258 g/mol. The predicted octanol–water partition coefficient (Wildman–Crippen LogP) is 1.05. The third kappa shape index (κ3) is 2.11. The largest absolute Gasteiger partial charge is 0.469 e. The van der Waals surface area contributed by atoms with Gasteiger partial charge in [-0.1, -0.05) is 6.07 Å². The van der Waals surface area contributed by atoms with Gasteiger partial charge in [-0.05, 0) is 25.0 Å². The number of nitrogens with zero attached hydrogens (tertiary/aromatic N) is 4. The normalized spacial score (nSPS) is 21.2. The lowest BCUT2D eigenvalue weighted by molar-refractivity contribution is -0.149. The first kappa shape index (κ1) is 12.6. The average molecular weight is 273 g/mol. The summed E-state index contributed by atoms with van der Waals surface area (Å²) in [4.78, 5) is 15.7. The van der Waals surface area contributed by atoms with Crippen LogP contribution in [0.2, 0.25) is 0 Å². The summed E-state index contributed by atoms with van der Waals surface area (Å²) in [6, 6.07) is 5.59. The third-order valence-electron chi connectivity index (χ3n) is 3.61. The van der Waals surface area contributed by atoms with Gasteiger partial charge < -0.3 is 15.0 Å². The van der Waals surface area contributed by atoms with Gasteiger partial charge in [0.2, 0.25) is 0 Å². The van der Waals surface area contributed by atoms with Gasteiger partial charge in [-0.2, -0.15) is 0 Å². The Hall–Kier alpha value is -2.44. The van der Waals surface area contributed by atoms with Gasteiger partial charge in [0.15, 0.2) is 5.82 Å². The van der Waals surface area contributed by atoms with E-state index in [0.29, 0.717) is 17.3 Å². The molecule has 7 nitrogen and oxygen atoms in total. The van der Waals surface area contributed by atoms with Crippen LogP contribution in [-0.4, -0.2) is 32.8 Å². The van der Waals surface area contributed by atoms with E-state index in [-0.39, 0.29) is 17.9 Å². The second-order valence-corrected chi connectivity index (χ2v) is 4.85. The first-order valence-electron chi connectivity index (χ1n) is 6.39. The number of hydrogen-bond donors (Lipinski definition) is 1. The molecule has 3 rings (SSSR count). The van der Waals surface area contributed by atoms with Crippen LogP contribution in [0.1, 0.15) is 18.9 Å². The number of carbonyl (C=O) groups is 1. The van der Waals surface area contributed by atoms with E-state index >= 15 is 0 Å². The van der Waals surface area contributed by atoms with Crippen LogP contribution < -0.4 is 5.73 Å². The molecule has 2 aromatic rings. The van der Waals surface area contributed by atoms with Gasteiger partial charge in [0, 0.05) is 6.04 Å². The molecule has 2 heterocycles. The number of nitrogens with two attached hydrogens (primary N) is 1. The maximum absolute atomic E-state index is 11.4. The predicted molar refractivity (Wildman–Crippen MR) is 71.4 cm³/mol. The van der Waals surface area contributed by atoms with E-state index in [1.807, 2.05) is 16.7 Å². The summed E-state index contributed by atoms with van der Waals surface area (Å²) >= 11 is 0. The van der Waals surface area contributed by atoms with E-state index in [1.54, 1.807) is 12.4 Å². The molecule has 0 saturated heterocycles. The molecule has 1 aliphatic carbocycles. The van der Waals surface area contributed by atoms with Crippen molar-refractivity contribution in [3.8, 4) is 11.5 Å². The van der Waals surface area contributed by atoms with Gasteiger partial charge in [0.25, 0.3) is 0 Å². The van der Waals surface area contributed by atoms with Gasteiger partial charge in [0.1, 0.15) is 17.8 Å². The molecule has 0 unspecified atom stereocenters. The van der Waals surface area contributed by atoms with Crippen molar-refractivity contribution in [1.29, 1.82) is 0 Å². The molecule has 1 aliphatic rings. The second-order valence-electron chi connectivity index (χ2n) is 4.85. The quantitative estimate of drug-likeness (QED) is 0.839. The number of hydrogen-bond acceptors (Lipinski definition) is 6. The number of nitrogen functional groups attached to an aromatic ring is 1. The Bertz CT molecular complexity index is 633. The van der Waals surface area contributed by atoms with Crippen LogP contribution in [0.4, 0.5) is 5.82 Å². The number of carbonyl (C=O) groups excluding carboxylic acids is 1. The van der Waals surface area contributed by atoms with Gasteiger partial charge in [-0.3, -0.25) is 4.79 Å². The highest BCUT2D eigenvalue weighted by Crippen LogP contribution is 2.40. The summed E-state index contributed by atoms with van der Waals surface area (Å²) in [6.07, 6.45) is 3.14. The van der Waals surface area contributed by atoms with Crippen molar-refractivity contribution in [2.45, 2.75) is 18.9 Å². The molecule has 1 saturated carbocycles. The van der Waals surface area contributed by atoms with E-state index in [9.17, 15) is 4.79 Å². The third-order valence-corrected chi connectivity index (χ3v) is 3.61. The molecule has 0 spiro atoms. The molecule has 0 bridgehead atoms. The lowest BCUT2D eigenvalue weighted by Gasteiger charge is -2.34. The van der Waals surface area contributed by atoms with Gasteiger partial charge in [-0.25, -0.2) is 4.98 Å². The molecule has 20 heavy (non-hydrogen) atoms. The average Bonchev–Trinajstić information content (AvgIpc) is 2.86. The van der Waals surface area contributed by atoms with Gasteiger partial charge in [-0.15, -0.1) is 10.2 Å². The fourth-order valence-electron chi connectivity index (χ4n) is 2.44. The Labute approximate surface area is 115 Å². The number of methoxy groups -OCH3 is 1. The minimum Gasteiger partial charge on any atom is -0.469 e. The second kappa shape index (κ2) is 4.92. The molecule has 2 N–H and O–H groups in total. The zero-order valence-electron chi connectivity index (χ0n) is 11.1. The Kier molecular flexibility index (Phi) is 3.09. The lowest BCUT2D eigenvalue weighted by Crippen LogP contribution is -2.33. The molecular formula is C13H15N5O2. The standard InChI is InChI=1S/C13H15N5O2/c1-20-13(19)8-5-9(6-8)18-7-15-17-12(18)10-3-2-4-11(14)16-10/h2-4,7-9H,5-6H2,1H3,(H2,14,16). The topological polar surface area (TPSA) is 95.9 Å². The lowest BCUT2D eigenvalue weighted by atomic mass is 9.80.